The van der Waals surface area contributed by atoms with Crippen LogP contribution in [-0.4, -0.2) is 54.7 Å². The number of aromatic nitrogens is 1. The molecule has 0 fully saturated rings. The summed E-state index contributed by atoms with van der Waals surface area (Å²) in [7, 11) is 6.26. The number of hydrogen-bond donors (Lipinski definition) is 0. The van der Waals surface area contributed by atoms with Gasteiger partial charge in [-0.3, -0.25) is 4.79 Å². The van der Waals surface area contributed by atoms with Gasteiger partial charge in [-0.1, -0.05) is 0 Å². The Kier molecular flexibility index (Phi) is 5.66. The van der Waals surface area contributed by atoms with Crippen molar-refractivity contribution < 1.29 is 19.1 Å². The Balaban J connectivity index is 2.33. The van der Waals surface area contributed by atoms with Crippen LogP contribution in [0.25, 0.3) is 5.69 Å². The minimum absolute atomic E-state index is 0.0330. The van der Waals surface area contributed by atoms with E-state index in [-0.39, 0.29) is 11.2 Å². The van der Waals surface area contributed by atoms with Crippen LogP contribution in [0, 0.1) is 6.92 Å². The van der Waals surface area contributed by atoms with Gasteiger partial charge in [0.1, 0.15) is 5.75 Å². The van der Waals surface area contributed by atoms with Gasteiger partial charge in [-0.05, 0) is 31.2 Å². The third-order valence-electron chi connectivity index (χ3n) is 3.53. The second-order valence-electron chi connectivity index (χ2n) is 5.98. The number of carbonyl (C=O) groups excluding carboxylic acids is 2. The van der Waals surface area contributed by atoms with Crippen molar-refractivity contribution in [3.05, 3.63) is 52.4 Å². The maximum absolute atomic E-state index is 12.0. The molecule has 0 spiro atoms. The highest BCUT2D eigenvalue weighted by Gasteiger charge is 2.15. The van der Waals surface area contributed by atoms with Gasteiger partial charge in [0.2, 0.25) is 5.43 Å². The average molecular weight is 359 g/mol. The Labute approximate surface area is 151 Å². The summed E-state index contributed by atoms with van der Waals surface area (Å²) >= 11 is 0. The maximum atomic E-state index is 12.0. The molecule has 0 unspecified atom stereocenters. The van der Waals surface area contributed by atoms with E-state index in [1.165, 1.54) is 30.0 Å². The Morgan fingerprint density at radius 1 is 0.885 bits per heavy atom. The highest BCUT2D eigenvalue weighted by Crippen LogP contribution is 2.20. The number of amides is 2. The lowest BCUT2D eigenvalue weighted by Crippen LogP contribution is -2.28. The number of benzene rings is 1. The van der Waals surface area contributed by atoms with Crippen LogP contribution in [0.1, 0.15) is 5.69 Å². The summed E-state index contributed by atoms with van der Waals surface area (Å²) in [6, 6.07) is 8.06. The van der Waals surface area contributed by atoms with E-state index in [1.54, 1.807) is 56.0 Å². The summed E-state index contributed by atoms with van der Waals surface area (Å²) in [6.45, 7) is 1.68. The Bertz CT molecular complexity index is 869. The molecule has 1 heterocycles. The van der Waals surface area contributed by atoms with Gasteiger partial charge >= 0.3 is 12.2 Å². The van der Waals surface area contributed by atoms with Gasteiger partial charge < -0.3 is 23.8 Å². The van der Waals surface area contributed by atoms with Crippen LogP contribution >= 0.6 is 0 Å². The summed E-state index contributed by atoms with van der Waals surface area (Å²) in [5.74, 6) is 0.361. The summed E-state index contributed by atoms with van der Waals surface area (Å²) in [5, 5.41) is 0. The smallest absolute Gasteiger partial charge is 0.410 e. The van der Waals surface area contributed by atoms with E-state index < -0.39 is 12.2 Å². The molecule has 0 aliphatic heterocycles. The molecule has 2 amide bonds. The molecule has 0 radical (unpaired) electrons. The molecule has 26 heavy (non-hydrogen) atoms. The van der Waals surface area contributed by atoms with Crippen LogP contribution in [-0.2, 0) is 0 Å². The average Bonchev–Trinajstić information content (AvgIpc) is 2.59. The number of rotatable bonds is 3. The van der Waals surface area contributed by atoms with Gasteiger partial charge in [-0.2, -0.15) is 0 Å². The molecule has 1 aromatic heterocycles. The molecule has 8 heteroatoms. The number of carbonyl (C=O) groups is 2. The van der Waals surface area contributed by atoms with Crippen molar-refractivity contribution in [3.8, 4) is 17.2 Å². The van der Waals surface area contributed by atoms with E-state index in [0.29, 0.717) is 17.1 Å². The topological polar surface area (TPSA) is 81.1 Å². The molecule has 8 nitrogen and oxygen atoms in total. The molecule has 0 aliphatic rings. The molecule has 0 bridgehead atoms. The minimum atomic E-state index is -0.631. The van der Waals surface area contributed by atoms with Crippen LogP contribution in [0.2, 0.25) is 0 Å². The fourth-order valence-electron chi connectivity index (χ4n) is 2.07. The van der Waals surface area contributed by atoms with Crippen LogP contribution in [0.5, 0.6) is 11.5 Å². The van der Waals surface area contributed by atoms with Crippen molar-refractivity contribution in [1.82, 2.24) is 14.4 Å². The third-order valence-corrected chi connectivity index (χ3v) is 3.53. The summed E-state index contributed by atoms with van der Waals surface area (Å²) < 4.78 is 12.1. The van der Waals surface area contributed by atoms with Gasteiger partial charge in [0.25, 0.3) is 0 Å². The molecule has 0 aliphatic carbocycles. The molecule has 0 atom stereocenters. The quantitative estimate of drug-likeness (QED) is 0.840. The van der Waals surface area contributed by atoms with E-state index in [2.05, 4.69) is 0 Å². The Morgan fingerprint density at radius 3 is 1.96 bits per heavy atom. The number of hydrogen-bond acceptors (Lipinski definition) is 5. The van der Waals surface area contributed by atoms with Crippen molar-refractivity contribution >= 4 is 12.2 Å². The monoisotopic (exact) mass is 359 g/mol. The fraction of sp³-hybridized carbons (Fsp3) is 0.278. The lowest BCUT2D eigenvalue weighted by molar-refractivity contribution is 0.170. The zero-order valence-corrected chi connectivity index (χ0v) is 15.3. The van der Waals surface area contributed by atoms with Gasteiger partial charge in [0.05, 0.1) is 5.69 Å². The SMILES string of the molecule is Cc1c(OC(=O)N(C)C)c(=O)ccn1-c1ccc(OC(=O)N(C)C)cc1. The number of pyridine rings is 1. The predicted molar refractivity (Wildman–Crippen MR) is 96.2 cm³/mol. The van der Waals surface area contributed by atoms with Crippen molar-refractivity contribution in [2.24, 2.45) is 0 Å². The first-order chi connectivity index (χ1) is 12.2. The van der Waals surface area contributed by atoms with Crippen LogP contribution in [0.4, 0.5) is 9.59 Å². The predicted octanol–water partition coefficient (Wildman–Crippen LogP) is 2.27. The number of nitrogens with zero attached hydrogens (tertiary/aromatic N) is 3. The van der Waals surface area contributed by atoms with Gasteiger partial charge in [0.15, 0.2) is 5.75 Å². The van der Waals surface area contributed by atoms with E-state index in [4.69, 9.17) is 9.47 Å². The first-order valence-electron chi connectivity index (χ1n) is 7.81. The largest absolute Gasteiger partial charge is 0.414 e. The van der Waals surface area contributed by atoms with E-state index >= 15 is 0 Å². The Morgan fingerprint density at radius 2 is 1.42 bits per heavy atom. The maximum Gasteiger partial charge on any atom is 0.414 e. The van der Waals surface area contributed by atoms with E-state index in [9.17, 15) is 14.4 Å². The molecular weight excluding hydrogens is 338 g/mol. The highest BCUT2D eigenvalue weighted by molar-refractivity contribution is 5.70. The van der Waals surface area contributed by atoms with Crippen molar-refractivity contribution in [3.63, 3.8) is 0 Å². The third kappa shape index (κ3) is 4.21. The molecular formula is C18H21N3O5. The van der Waals surface area contributed by atoms with Crippen molar-refractivity contribution in [2.75, 3.05) is 28.2 Å². The van der Waals surface area contributed by atoms with E-state index in [0.717, 1.165) is 0 Å². The zero-order chi connectivity index (χ0) is 19.4. The molecule has 0 saturated carbocycles. The van der Waals surface area contributed by atoms with Crippen molar-refractivity contribution in [1.29, 1.82) is 0 Å². The lowest BCUT2D eigenvalue weighted by Gasteiger charge is -2.16. The normalized spacial score (nSPS) is 10.2. The fourth-order valence-corrected chi connectivity index (χ4v) is 2.07. The van der Waals surface area contributed by atoms with Crippen molar-refractivity contribution in [2.45, 2.75) is 6.92 Å². The van der Waals surface area contributed by atoms with Gasteiger partial charge in [-0.25, -0.2) is 9.59 Å². The first-order valence-corrected chi connectivity index (χ1v) is 7.81. The Hall–Kier alpha value is -3.29. The molecule has 2 aromatic rings. The molecule has 0 saturated heterocycles. The lowest BCUT2D eigenvalue weighted by atomic mass is 10.2. The standard InChI is InChI=1S/C18H21N3O5/c1-12-16(26-18(24)20(4)5)15(22)10-11-21(12)13-6-8-14(9-7-13)25-17(23)19(2)3/h6-11H,1-5H3. The molecule has 0 N–H and O–H groups in total. The van der Waals surface area contributed by atoms with Crippen LogP contribution in [0.3, 0.4) is 0 Å². The summed E-state index contributed by atoms with van der Waals surface area (Å²) in [5.41, 5.74) is 0.811. The second-order valence-corrected chi connectivity index (χ2v) is 5.98. The van der Waals surface area contributed by atoms with Gasteiger partial charge in [-0.15, -0.1) is 0 Å². The summed E-state index contributed by atoms with van der Waals surface area (Å²) in [4.78, 5) is 38.0. The van der Waals surface area contributed by atoms with Crippen LogP contribution in [0.15, 0.2) is 41.3 Å². The minimum Gasteiger partial charge on any atom is -0.410 e. The molecule has 138 valence electrons. The highest BCUT2D eigenvalue weighted by atomic mass is 16.6. The molecule has 1 aromatic carbocycles. The first kappa shape index (κ1) is 19.0. The molecule has 2 rings (SSSR count). The van der Waals surface area contributed by atoms with Crippen LogP contribution < -0.4 is 14.9 Å². The second kappa shape index (κ2) is 7.73. The van der Waals surface area contributed by atoms with E-state index in [1.807, 2.05) is 0 Å². The van der Waals surface area contributed by atoms with Gasteiger partial charge in [0, 0.05) is 46.1 Å². The zero-order valence-electron chi connectivity index (χ0n) is 15.3. The summed E-state index contributed by atoms with van der Waals surface area (Å²) in [6.07, 6.45) is 0.481. The number of ether oxygens (including phenoxy) is 2.